The van der Waals surface area contributed by atoms with Crippen LogP contribution in [-0.4, -0.2) is 26.0 Å². The van der Waals surface area contributed by atoms with Gasteiger partial charge in [0, 0.05) is 33.8 Å². The molecule has 0 spiro atoms. The number of hydrogen-bond donors (Lipinski definition) is 1. The normalized spacial score (nSPS) is 12.2. The number of aliphatic carboxylic acids is 1. The monoisotopic (exact) mass is 349 g/mol. The summed E-state index contributed by atoms with van der Waals surface area (Å²) in [4.78, 5) is 24.1. The van der Waals surface area contributed by atoms with E-state index in [1.165, 1.54) is 0 Å². The number of halogens is 1. The number of rotatable bonds is 4. The molecule has 6 heteroatoms. The SMILES string of the molecule is Cc1nc(-c2cncc(Br)c2)nc(C)c1CC(C)C(=O)O. The van der Waals surface area contributed by atoms with E-state index in [4.69, 9.17) is 5.11 Å². The van der Waals surface area contributed by atoms with Crippen LogP contribution in [0.4, 0.5) is 0 Å². The number of carboxylic acids is 1. The number of carboxylic acid groups (broad SMARTS) is 1. The predicted octanol–water partition coefficient (Wildman–Crippen LogP) is 3.18. The van der Waals surface area contributed by atoms with E-state index in [-0.39, 0.29) is 0 Å². The Balaban J connectivity index is 2.39. The van der Waals surface area contributed by atoms with Gasteiger partial charge in [0.25, 0.3) is 0 Å². The Hall–Kier alpha value is -1.82. The van der Waals surface area contributed by atoms with E-state index in [2.05, 4.69) is 30.9 Å². The van der Waals surface area contributed by atoms with Crippen molar-refractivity contribution in [3.63, 3.8) is 0 Å². The van der Waals surface area contributed by atoms with Crippen LogP contribution in [0.1, 0.15) is 23.9 Å². The summed E-state index contributed by atoms with van der Waals surface area (Å²) >= 11 is 3.38. The summed E-state index contributed by atoms with van der Waals surface area (Å²) in [6.45, 7) is 5.45. The van der Waals surface area contributed by atoms with Gasteiger partial charge in [-0.1, -0.05) is 6.92 Å². The molecular weight excluding hydrogens is 334 g/mol. The number of hydrogen-bond acceptors (Lipinski definition) is 4. The van der Waals surface area contributed by atoms with Crippen molar-refractivity contribution in [3.05, 3.63) is 39.9 Å². The van der Waals surface area contributed by atoms with Crippen LogP contribution in [0.5, 0.6) is 0 Å². The third-order valence-corrected chi connectivity index (χ3v) is 3.75. The molecule has 0 saturated heterocycles. The maximum Gasteiger partial charge on any atom is 0.306 e. The summed E-state index contributed by atoms with van der Waals surface area (Å²) in [6.07, 6.45) is 3.84. The van der Waals surface area contributed by atoms with Crippen LogP contribution in [0.3, 0.4) is 0 Å². The number of aromatic nitrogens is 3. The molecular formula is C15H16BrN3O2. The molecule has 0 radical (unpaired) electrons. The lowest BCUT2D eigenvalue weighted by Gasteiger charge is -2.13. The lowest BCUT2D eigenvalue weighted by atomic mass is 9.99. The number of nitrogens with zero attached hydrogens (tertiary/aromatic N) is 3. The van der Waals surface area contributed by atoms with Gasteiger partial charge >= 0.3 is 5.97 Å². The van der Waals surface area contributed by atoms with Crippen LogP contribution in [0, 0.1) is 19.8 Å². The van der Waals surface area contributed by atoms with Gasteiger partial charge in [0.1, 0.15) is 0 Å². The highest BCUT2D eigenvalue weighted by Crippen LogP contribution is 2.22. The van der Waals surface area contributed by atoms with Crippen LogP contribution in [-0.2, 0) is 11.2 Å². The first-order valence-corrected chi connectivity index (χ1v) is 7.35. The highest BCUT2D eigenvalue weighted by atomic mass is 79.9. The van der Waals surface area contributed by atoms with Gasteiger partial charge in [0.15, 0.2) is 5.82 Å². The summed E-state index contributed by atoms with van der Waals surface area (Å²) in [5, 5.41) is 9.03. The summed E-state index contributed by atoms with van der Waals surface area (Å²) in [5.74, 6) is -0.663. The fourth-order valence-corrected chi connectivity index (χ4v) is 2.46. The van der Waals surface area contributed by atoms with Crippen LogP contribution in [0.25, 0.3) is 11.4 Å². The number of pyridine rings is 1. The fourth-order valence-electron chi connectivity index (χ4n) is 2.09. The van der Waals surface area contributed by atoms with Gasteiger partial charge in [0.05, 0.1) is 5.92 Å². The van der Waals surface area contributed by atoms with Crippen LogP contribution in [0.15, 0.2) is 22.9 Å². The Morgan fingerprint density at radius 2 is 1.90 bits per heavy atom. The molecule has 0 aliphatic rings. The Bertz CT molecular complexity index is 665. The van der Waals surface area contributed by atoms with E-state index >= 15 is 0 Å². The van der Waals surface area contributed by atoms with Gasteiger partial charge in [-0.2, -0.15) is 0 Å². The summed E-state index contributed by atoms with van der Waals surface area (Å²) in [6, 6.07) is 1.90. The van der Waals surface area contributed by atoms with Gasteiger partial charge in [-0.15, -0.1) is 0 Å². The second-order valence-corrected chi connectivity index (χ2v) is 5.95. The molecule has 2 rings (SSSR count). The average molecular weight is 350 g/mol. The maximum atomic E-state index is 11.0. The molecule has 0 aromatic carbocycles. The van der Waals surface area contributed by atoms with Crippen LogP contribution in [0.2, 0.25) is 0 Å². The number of aryl methyl sites for hydroxylation is 2. The maximum absolute atomic E-state index is 11.0. The molecule has 110 valence electrons. The van der Waals surface area contributed by atoms with Gasteiger partial charge in [-0.3, -0.25) is 9.78 Å². The van der Waals surface area contributed by atoms with Crippen molar-refractivity contribution in [2.45, 2.75) is 27.2 Å². The lowest BCUT2D eigenvalue weighted by Crippen LogP contribution is -2.15. The molecule has 2 heterocycles. The minimum Gasteiger partial charge on any atom is -0.481 e. The molecule has 2 aromatic rings. The van der Waals surface area contributed by atoms with E-state index in [9.17, 15) is 4.79 Å². The summed E-state index contributed by atoms with van der Waals surface area (Å²) in [7, 11) is 0. The van der Waals surface area contributed by atoms with Crippen molar-refractivity contribution >= 4 is 21.9 Å². The second-order valence-electron chi connectivity index (χ2n) is 5.03. The van der Waals surface area contributed by atoms with Crippen molar-refractivity contribution < 1.29 is 9.90 Å². The second kappa shape index (κ2) is 6.30. The predicted molar refractivity (Wildman–Crippen MR) is 82.9 cm³/mol. The summed E-state index contributed by atoms with van der Waals surface area (Å²) < 4.78 is 0.863. The quantitative estimate of drug-likeness (QED) is 0.917. The highest BCUT2D eigenvalue weighted by molar-refractivity contribution is 9.10. The summed E-state index contributed by atoms with van der Waals surface area (Å²) in [5.41, 5.74) is 3.35. The molecule has 0 aliphatic heterocycles. The van der Waals surface area contributed by atoms with Gasteiger partial charge in [-0.05, 0) is 47.8 Å². The zero-order chi connectivity index (χ0) is 15.6. The Morgan fingerprint density at radius 3 is 2.43 bits per heavy atom. The molecule has 1 atom stereocenters. The highest BCUT2D eigenvalue weighted by Gasteiger charge is 2.17. The van der Waals surface area contributed by atoms with E-state index in [1.54, 1.807) is 19.3 Å². The van der Waals surface area contributed by atoms with E-state index in [0.717, 1.165) is 27.0 Å². The Labute approximate surface area is 131 Å². The lowest BCUT2D eigenvalue weighted by molar-refractivity contribution is -0.141. The average Bonchev–Trinajstić information content (AvgIpc) is 2.42. The van der Waals surface area contributed by atoms with E-state index in [1.807, 2.05) is 19.9 Å². The molecule has 0 bridgehead atoms. The first-order chi connectivity index (χ1) is 9.88. The fraction of sp³-hybridized carbons (Fsp3) is 0.333. The minimum absolute atomic E-state index is 0.435. The minimum atomic E-state index is -0.811. The Kier molecular flexibility index (Phi) is 4.67. The molecule has 0 amide bonds. The molecule has 21 heavy (non-hydrogen) atoms. The molecule has 0 saturated carbocycles. The molecule has 2 aromatic heterocycles. The zero-order valence-corrected chi connectivity index (χ0v) is 13.7. The standard InChI is InChI=1S/C15H16BrN3O2/c1-8(15(20)21)4-13-9(2)18-14(19-10(13)3)11-5-12(16)7-17-6-11/h5-8H,4H2,1-3H3,(H,20,21). The van der Waals surface area contributed by atoms with Crippen molar-refractivity contribution in [1.29, 1.82) is 0 Å². The third-order valence-electron chi connectivity index (χ3n) is 3.32. The van der Waals surface area contributed by atoms with E-state index < -0.39 is 11.9 Å². The van der Waals surface area contributed by atoms with Crippen molar-refractivity contribution in [2.75, 3.05) is 0 Å². The van der Waals surface area contributed by atoms with Gasteiger partial charge in [0.2, 0.25) is 0 Å². The molecule has 0 aliphatic carbocycles. The van der Waals surface area contributed by atoms with Crippen LogP contribution < -0.4 is 0 Å². The Morgan fingerprint density at radius 1 is 1.29 bits per heavy atom. The van der Waals surface area contributed by atoms with Gasteiger partial charge in [-0.25, -0.2) is 9.97 Å². The molecule has 0 fully saturated rings. The number of carbonyl (C=O) groups is 1. The van der Waals surface area contributed by atoms with Crippen molar-refractivity contribution in [1.82, 2.24) is 15.0 Å². The first-order valence-electron chi connectivity index (χ1n) is 6.56. The largest absolute Gasteiger partial charge is 0.481 e. The van der Waals surface area contributed by atoms with Crippen LogP contribution >= 0.6 is 15.9 Å². The van der Waals surface area contributed by atoms with E-state index in [0.29, 0.717) is 12.2 Å². The van der Waals surface area contributed by atoms with Gasteiger partial charge < -0.3 is 5.11 Å². The molecule has 1 unspecified atom stereocenters. The topological polar surface area (TPSA) is 76.0 Å². The van der Waals surface area contributed by atoms with Crippen molar-refractivity contribution in [2.24, 2.45) is 5.92 Å². The molecule has 1 N–H and O–H groups in total. The first kappa shape index (κ1) is 15.6. The third kappa shape index (κ3) is 3.64. The van der Waals surface area contributed by atoms with Crippen molar-refractivity contribution in [3.8, 4) is 11.4 Å². The molecule has 5 nitrogen and oxygen atoms in total. The smallest absolute Gasteiger partial charge is 0.306 e. The zero-order valence-electron chi connectivity index (χ0n) is 12.1.